The highest BCUT2D eigenvalue weighted by Gasteiger charge is 2.08. The molecule has 2 aromatic heterocycles. The first-order valence-corrected chi connectivity index (χ1v) is 5.46. The van der Waals surface area contributed by atoms with Crippen molar-refractivity contribution in [3.63, 3.8) is 0 Å². The summed E-state index contributed by atoms with van der Waals surface area (Å²) in [5.74, 6) is 0.226. The first-order chi connectivity index (χ1) is 9.65. The minimum absolute atomic E-state index is 0.00400. The van der Waals surface area contributed by atoms with Gasteiger partial charge in [0.05, 0.1) is 18.7 Å². The van der Waals surface area contributed by atoms with Crippen molar-refractivity contribution in [2.24, 2.45) is 0 Å². The molecule has 0 aromatic carbocycles. The quantitative estimate of drug-likeness (QED) is 0.633. The molecule has 0 N–H and O–H groups in total. The molecule has 0 unspecified atom stereocenters. The summed E-state index contributed by atoms with van der Waals surface area (Å²) in [5, 5.41) is 28.3. The Kier molecular flexibility index (Phi) is 3.67. The zero-order valence-corrected chi connectivity index (χ0v) is 10.2. The van der Waals surface area contributed by atoms with Crippen molar-refractivity contribution in [3.05, 3.63) is 38.9 Å². The topological polar surface area (TPSA) is 135 Å². The van der Waals surface area contributed by atoms with Gasteiger partial charge in [-0.3, -0.25) is 9.36 Å². The molecule has 2 rings (SSSR count). The third-order valence-corrected chi connectivity index (χ3v) is 2.39. The van der Waals surface area contributed by atoms with Gasteiger partial charge in [-0.25, -0.2) is 9.36 Å². The Morgan fingerprint density at radius 2 is 1.95 bits per heavy atom. The number of hydrogen-bond donors (Lipinski definition) is 0. The van der Waals surface area contributed by atoms with Crippen LogP contribution in [0, 0.1) is 22.7 Å². The van der Waals surface area contributed by atoms with Crippen molar-refractivity contribution in [3.8, 4) is 12.1 Å². The molecular weight excluding hydrogens is 264 g/mol. The molecule has 0 bridgehead atoms. The number of aromatic nitrogens is 6. The lowest BCUT2D eigenvalue weighted by molar-refractivity contribution is 0.578. The highest BCUT2D eigenvalue weighted by molar-refractivity contribution is 4.92. The molecule has 0 atom stereocenters. The van der Waals surface area contributed by atoms with Crippen molar-refractivity contribution in [1.29, 1.82) is 10.5 Å². The maximum absolute atomic E-state index is 12.0. The van der Waals surface area contributed by atoms with E-state index in [1.165, 1.54) is 16.8 Å². The predicted molar refractivity (Wildman–Crippen MR) is 63.1 cm³/mol. The number of nitriles is 2. The van der Waals surface area contributed by atoms with Crippen LogP contribution in [0.2, 0.25) is 0 Å². The van der Waals surface area contributed by atoms with Gasteiger partial charge in [-0.1, -0.05) is 0 Å². The molecule has 10 nitrogen and oxygen atoms in total. The molecule has 0 fully saturated rings. The third-order valence-electron chi connectivity index (χ3n) is 2.39. The molecule has 0 saturated carbocycles. The highest BCUT2D eigenvalue weighted by atomic mass is 16.2. The zero-order chi connectivity index (χ0) is 14.5. The summed E-state index contributed by atoms with van der Waals surface area (Å²) >= 11 is 0. The summed E-state index contributed by atoms with van der Waals surface area (Å²) in [6.45, 7) is -0.376. The summed E-state index contributed by atoms with van der Waals surface area (Å²) in [7, 11) is 0. The van der Waals surface area contributed by atoms with Crippen LogP contribution in [0.25, 0.3) is 0 Å². The van der Waals surface area contributed by atoms with Crippen LogP contribution >= 0.6 is 0 Å². The predicted octanol–water partition coefficient (Wildman–Crippen LogP) is -1.91. The molecule has 10 heteroatoms. The Balaban J connectivity index is 2.32. The van der Waals surface area contributed by atoms with Crippen molar-refractivity contribution in [2.45, 2.75) is 19.6 Å². The molecule has 0 aliphatic carbocycles. The van der Waals surface area contributed by atoms with E-state index in [2.05, 4.69) is 15.4 Å². The van der Waals surface area contributed by atoms with Gasteiger partial charge in [-0.2, -0.15) is 10.5 Å². The Morgan fingerprint density at radius 3 is 2.65 bits per heavy atom. The van der Waals surface area contributed by atoms with Crippen LogP contribution in [0.3, 0.4) is 0 Å². The molecule has 2 heterocycles. The zero-order valence-electron chi connectivity index (χ0n) is 10.2. The standard InChI is InChI=1S/C10H8N8O2/c11-2-5-17-9(19)1-4-16(10(17)20)7-8-13-15-18(14-8)6-3-12/h1,4H,5-7H2. The van der Waals surface area contributed by atoms with Gasteiger partial charge >= 0.3 is 5.69 Å². The molecular formula is C10H8N8O2. The fourth-order valence-electron chi connectivity index (χ4n) is 1.52. The molecule has 0 saturated heterocycles. The Hall–Kier alpha value is -3.27. The van der Waals surface area contributed by atoms with E-state index in [1.807, 2.05) is 6.07 Å². The molecule has 0 aliphatic heterocycles. The second-order valence-corrected chi connectivity index (χ2v) is 3.70. The number of tetrazole rings is 1. The molecule has 0 aliphatic rings. The first-order valence-electron chi connectivity index (χ1n) is 5.46. The molecule has 20 heavy (non-hydrogen) atoms. The van der Waals surface area contributed by atoms with Gasteiger partial charge in [-0.15, -0.1) is 15.0 Å². The lowest BCUT2D eigenvalue weighted by Gasteiger charge is -2.04. The summed E-state index contributed by atoms with van der Waals surface area (Å²) in [4.78, 5) is 24.5. The number of hydrogen-bond acceptors (Lipinski definition) is 7. The fourth-order valence-corrected chi connectivity index (χ4v) is 1.52. The lowest BCUT2D eigenvalue weighted by atomic mass is 10.5. The Labute approximate surface area is 111 Å². The van der Waals surface area contributed by atoms with E-state index < -0.39 is 11.2 Å². The minimum Gasteiger partial charge on any atom is -0.293 e. The van der Waals surface area contributed by atoms with Gasteiger partial charge in [0.25, 0.3) is 5.56 Å². The highest BCUT2D eigenvalue weighted by Crippen LogP contribution is 1.90. The van der Waals surface area contributed by atoms with E-state index in [4.69, 9.17) is 10.5 Å². The monoisotopic (exact) mass is 272 g/mol. The maximum Gasteiger partial charge on any atom is 0.332 e. The van der Waals surface area contributed by atoms with Gasteiger partial charge in [0, 0.05) is 12.3 Å². The van der Waals surface area contributed by atoms with Gasteiger partial charge in [-0.05, 0) is 5.21 Å². The van der Waals surface area contributed by atoms with Gasteiger partial charge in [0.15, 0.2) is 5.82 Å². The van der Waals surface area contributed by atoms with Gasteiger partial charge in [0.2, 0.25) is 0 Å². The SMILES string of the molecule is N#CCn1nnc(Cn2ccc(=O)n(CC#N)c2=O)n1. The first kappa shape index (κ1) is 13.2. The molecule has 2 aromatic rings. The third kappa shape index (κ3) is 2.59. The van der Waals surface area contributed by atoms with Crippen molar-refractivity contribution in [1.82, 2.24) is 29.3 Å². The second-order valence-electron chi connectivity index (χ2n) is 3.70. The fraction of sp³-hybridized carbons (Fsp3) is 0.300. The Bertz CT molecular complexity index is 815. The summed E-state index contributed by atoms with van der Waals surface area (Å²) in [6, 6.07) is 4.78. The van der Waals surface area contributed by atoms with E-state index >= 15 is 0 Å². The largest absolute Gasteiger partial charge is 0.332 e. The molecule has 0 spiro atoms. The van der Waals surface area contributed by atoms with Crippen LogP contribution in [0.15, 0.2) is 21.9 Å². The number of rotatable bonds is 4. The Morgan fingerprint density at radius 1 is 1.20 bits per heavy atom. The lowest BCUT2D eigenvalue weighted by Crippen LogP contribution is -2.39. The smallest absolute Gasteiger partial charge is 0.293 e. The van der Waals surface area contributed by atoms with E-state index in [9.17, 15) is 9.59 Å². The van der Waals surface area contributed by atoms with Crippen LogP contribution in [0.4, 0.5) is 0 Å². The van der Waals surface area contributed by atoms with Crippen LogP contribution in [0.1, 0.15) is 5.82 Å². The minimum atomic E-state index is -0.629. The van der Waals surface area contributed by atoms with E-state index in [0.717, 1.165) is 9.36 Å². The molecule has 100 valence electrons. The van der Waals surface area contributed by atoms with Gasteiger partial charge < -0.3 is 0 Å². The molecule has 0 radical (unpaired) electrons. The number of nitrogens with zero attached hydrogens (tertiary/aromatic N) is 8. The van der Waals surface area contributed by atoms with Crippen LogP contribution < -0.4 is 11.2 Å². The van der Waals surface area contributed by atoms with E-state index in [-0.39, 0.29) is 25.5 Å². The normalized spacial score (nSPS) is 9.90. The second kappa shape index (κ2) is 5.58. The van der Waals surface area contributed by atoms with Crippen LogP contribution in [0.5, 0.6) is 0 Å². The average Bonchev–Trinajstić information content (AvgIpc) is 2.86. The van der Waals surface area contributed by atoms with Crippen LogP contribution in [-0.4, -0.2) is 29.3 Å². The van der Waals surface area contributed by atoms with Crippen molar-refractivity contribution >= 4 is 0 Å². The van der Waals surface area contributed by atoms with Crippen molar-refractivity contribution < 1.29 is 0 Å². The maximum atomic E-state index is 12.0. The summed E-state index contributed by atoms with van der Waals surface area (Å²) in [6.07, 6.45) is 1.30. The van der Waals surface area contributed by atoms with E-state index in [1.54, 1.807) is 6.07 Å². The van der Waals surface area contributed by atoms with E-state index in [0.29, 0.717) is 0 Å². The summed E-state index contributed by atoms with van der Waals surface area (Å²) in [5.41, 5.74) is -1.18. The summed E-state index contributed by atoms with van der Waals surface area (Å²) < 4.78 is 1.99. The average molecular weight is 272 g/mol. The molecule has 0 amide bonds. The van der Waals surface area contributed by atoms with Crippen LogP contribution in [-0.2, 0) is 19.6 Å². The van der Waals surface area contributed by atoms with Gasteiger partial charge in [0.1, 0.15) is 13.1 Å². The van der Waals surface area contributed by atoms with Crippen molar-refractivity contribution in [2.75, 3.05) is 0 Å².